The molecule has 0 saturated heterocycles. The first-order chi connectivity index (χ1) is 12.9. The van der Waals surface area contributed by atoms with Gasteiger partial charge < -0.3 is 16.0 Å². The smallest absolute Gasteiger partial charge is 0.245 e. The molecule has 27 heavy (non-hydrogen) atoms. The molecule has 0 bridgehead atoms. The summed E-state index contributed by atoms with van der Waals surface area (Å²) in [4.78, 5) is 29.7. The number of amides is 2. The number of nitrogens with one attached hydrogen (secondary N) is 1. The molecule has 3 aromatic rings. The van der Waals surface area contributed by atoms with Gasteiger partial charge >= 0.3 is 0 Å². The van der Waals surface area contributed by atoms with Crippen molar-refractivity contribution in [3.8, 4) is 0 Å². The topological polar surface area (TPSA) is 88.3 Å². The number of nitrogens with zero attached hydrogens (tertiary/aromatic N) is 2. The van der Waals surface area contributed by atoms with E-state index in [9.17, 15) is 14.0 Å². The third kappa shape index (κ3) is 5.01. The number of rotatable bonds is 7. The normalized spacial score (nSPS) is 10.7. The Balaban J connectivity index is 1.73. The summed E-state index contributed by atoms with van der Waals surface area (Å²) in [6.45, 7) is 2.33. The summed E-state index contributed by atoms with van der Waals surface area (Å²) in [5, 5.41) is 3.14. The second kappa shape index (κ2) is 8.13. The monoisotopic (exact) mass is 386 g/mol. The number of carbonyl (C=O) groups excluding carboxylic acids is 2. The Hall–Kier alpha value is -3.00. The van der Waals surface area contributed by atoms with Crippen LogP contribution in [0.2, 0.25) is 0 Å². The predicted octanol–water partition coefficient (Wildman–Crippen LogP) is 3.06. The van der Waals surface area contributed by atoms with Crippen molar-refractivity contribution >= 4 is 44.2 Å². The zero-order valence-corrected chi connectivity index (χ0v) is 15.6. The minimum absolute atomic E-state index is 0.0427. The van der Waals surface area contributed by atoms with E-state index in [1.165, 1.54) is 23.5 Å². The number of carbonyl (C=O) groups is 2. The van der Waals surface area contributed by atoms with Gasteiger partial charge in [-0.1, -0.05) is 23.5 Å². The van der Waals surface area contributed by atoms with E-state index < -0.39 is 5.91 Å². The maximum Gasteiger partial charge on any atom is 0.245 e. The van der Waals surface area contributed by atoms with Gasteiger partial charge in [0.25, 0.3) is 0 Å². The van der Waals surface area contributed by atoms with Crippen molar-refractivity contribution in [2.24, 2.45) is 5.73 Å². The summed E-state index contributed by atoms with van der Waals surface area (Å²) in [5.74, 6) is -1.05. The fourth-order valence-electron chi connectivity index (χ4n) is 2.65. The van der Waals surface area contributed by atoms with Crippen molar-refractivity contribution in [1.82, 2.24) is 4.98 Å². The lowest BCUT2D eigenvalue weighted by molar-refractivity contribution is -0.118. The SMILES string of the molecule is Cc1cccc(N(CCC(N)=O)CC(=O)Nc2nc3ccc(F)cc3s2)c1. The standard InChI is InChI=1S/C19H19FN4O2S/c1-12-3-2-4-14(9-12)24(8-7-17(21)25)11-18(26)23-19-22-15-6-5-13(20)10-16(15)27-19/h2-6,9-10H,7-8,11H2,1H3,(H2,21,25)(H,22,23,26). The average Bonchev–Trinajstić information content (AvgIpc) is 2.99. The highest BCUT2D eigenvalue weighted by atomic mass is 32.1. The molecule has 0 aliphatic rings. The van der Waals surface area contributed by atoms with E-state index in [0.717, 1.165) is 11.3 Å². The molecule has 3 N–H and O–H groups in total. The molecule has 0 aliphatic carbocycles. The first-order valence-electron chi connectivity index (χ1n) is 8.36. The number of nitrogens with two attached hydrogens (primary N) is 1. The zero-order valence-electron chi connectivity index (χ0n) is 14.7. The number of hydrogen-bond donors (Lipinski definition) is 2. The Labute approximate surface area is 159 Å². The molecule has 0 unspecified atom stereocenters. The fourth-order valence-corrected chi connectivity index (χ4v) is 3.56. The summed E-state index contributed by atoms with van der Waals surface area (Å²) >= 11 is 1.21. The Kier molecular flexibility index (Phi) is 5.66. The third-order valence-corrected chi connectivity index (χ3v) is 4.86. The van der Waals surface area contributed by atoms with Crippen LogP contribution in [0.25, 0.3) is 10.2 Å². The molecule has 0 aliphatic heterocycles. The average molecular weight is 386 g/mol. The number of thiazole rings is 1. The van der Waals surface area contributed by atoms with Gasteiger partial charge in [-0.2, -0.15) is 0 Å². The van der Waals surface area contributed by atoms with Crippen LogP contribution in [0.5, 0.6) is 0 Å². The summed E-state index contributed by atoms with van der Waals surface area (Å²) < 4.78 is 14.0. The van der Waals surface area contributed by atoms with Crippen LogP contribution in [0, 0.1) is 12.7 Å². The van der Waals surface area contributed by atoms with E-state index in [1.54, 1.807) is 11.0 Å². The summed E-state index contributed by atoms with van der Waals surface area (Å²) in [6.07, 6.45) is 0.141. The Bertz CT molecular complexity index is 989. The highest BCUT2D eigenvalue weighted by Crippen LogP contribution is 2.26. The van der Waals surface area contributed by atoms with Crippen LogP contribution in [0.1, 0.15) is 12.0 Å². The number of fused-ring (bicyclic) bond motifs is 1. The minimum atomic E-state index is -0.429. The highest BCUT2D eigenvalue weighted by molar-refractivity contribution is 7.22. The van der Waals surface area contributed by atoms with E-state index >= 15 is 0 Å². The first kappa shape index (κ1) is 18.8. The quantitative estimate of drug-likeness (QED) is 0.653. The van der Waals surface area contributed by atoms with E-state index in [4.69, 9.17) is 5.73 Å². The number of benzene rings is 2. The molecule has 140 valence electrons. The van der Waals surface area contributed by atoms with Crippen molar-refractivity contribution in [2.45, 2.75) is 13.3 Å². The van der Waals surface area contributed by atoms with Crippen LogP contribution in [0.3, 0.4) is 0 Å². The van der Waals surface area contributed by atoms with Gasteiger partial charge in [0, 0.05) is 18.7 Å². The van der Waals surface area contributed by atoms with Gasteiger partial charge in [-0.05, 0) is 42.8 Å². The maximum absolute atomic E-state index is 13.3. The van der Waals surface area contributed by atoms with Crippen molar-refractivity contribution in [3.63, 3.8) is 0 Å². The lowest BCUT2D eigenvalue weighted by Gasteiger charge is -2.24. The zero-order chi connectivity index (χ0) is 19.4. The van der Waals surface area contributed by atoms with Crippen LogP contribution in [0.4, 0.5) is 15.2 Å². The Morgan fingerprint density at radius 2 is 2.07 bits per heavy atom. The van der Waals surface area contributed by atoms with Gasteiger partial charge in [0.15, 0.2) is 5.13 Å². The van der Waals surface area contributed by atoms with Crippen molar-refractivity contribution < 1.29 is 14.0 Å². The van der Waals surface area contributed by atoms with E-state index in [2.05, 4.69) is 10.3 Å². The number of halogens is 1. The molecule has 0 fully saturated rings. The molecule has 0 atom stereocenters. The molecule has 2 aromatic carbocycles. The van der Waals surface area contributed by atoms with Crippen molar-refractivity contribution in [1.29, 1.82) is 0 Å². The van der Waals surface area contributed by atoms with Gasteiger partial charge in [-0.25, -0.2) is 9.37 Å². The first-order valence-corrected chi connectivity index (χ1v) is 9.18. The van der Waals surface area contributed by atoms with Gasteiger partial charge in [0.05, 0.1) is 16.8 Å². The molecule has 8 heteroatoms. The molecule has 0 radical (unpaired) electrons. The molecular weight excluding hydrogens is 367 g/mol. The highest BCUT2D eigenvalue weighted by Gasteiger charge is 2.15. The number of anilines is 2. The number of aryl methyl sites for hydroxylation is 1. The predicted molar refractivity (Wildman–Crippen MR) is 105 cm³/mol. The Morgan fingerprint density at radius 3 is 2.81 bits per heavy atom. The molecule has 6 nitrogen and oxygen atoms in total. The molecule has 3 rings (SSSR count). The number of aromatic nitrogens is 1. The van der Waals surface area contributed by atoms with E-state index in [0.29, 0.717) is 21.9 Å². The van der Waals surface area contributed by atoms with E-state index in [-0.39, 0.29) is 24.7 Å². The van der Waals surface area contributed by atoms with Crippen molar-refractivity contribution in [2.75, 3.05) is 23.3 Å². The van der Waals surface area contributed by atoms with Crippen LogP contribution in [0.15, 0.2) is 42.5 Å². The summed E-state index contributed by atoms with van der Waals surface area (Å²) in [7, 11) is 0. The van der Waals surface area contributed by atoms with Crippen LogP contribution in [-0.2, 0) is 9.59 Å². The van der Waals surface area contributed by atoms with E-state index in [1.807, 2.05) is 31.2 Å². The Morgan fingerprint density at radius 1 is 1.26 bits per heavy atom. The summed E-state index contributed by atoms with van der Waals surface area (Å²) in [6, 6.07) is 11.9. The number of primary amides is 1. The lowest BCUT2D eigenvalue weighted by atomic mass is 10.2. The second-order valence-electron chi connectivity index (χ2n) is 6.16. The maximum atomic E-state index is 13.3. The van der Waals surface area contributed by atoms with Crippen LogP contribution >= 0.6 is 11.3 Å². The fraction of sp³-hybridized carbons (Fsp3) is 0.211. The van der Waals surface area contributed by atoms with Gasteiger partial charge in [-0.15, -0.1) is 0 Å². The molecule has 0 spiro atoms. The van der Waals surface area contributed by atoms with Crippen LogP contribution < -0.4 is 16.0 Å². The molecule has 2 amide bonds. The lowest BCUT2D eigenvalue weighted by Crippen LogP contribution is -2.35. The van der Waals surface area contributed by atoms with Gasteiger partial charge in [-0.3, -0.25) is 9.59 Å². The van der Waals surface area contributed by atoms with Gasteiger partial charge in [0.2, 0.25) is 11.8 Å². The van der Waals surface area contributed by atoms with Crippen LogP contribution in [-0.4, -0.2) is 29.9 Å². The second-order valence-corrected chi connectivity index (χ2v) is 7.19. The minimum Gasteiger partial charge on any atom is -0.370 e. The molecule has 1 aromatic heterocycles. The molecular formula is C19H19FN4O2S. The van der Waals surface area contributed by atoms with Crippen molar-refractivity contribution in [3.05, 3.63) is 53.8 Å². The molecule has 0 saturated carbocycles. The number of hydrogen-bond acceptors (Lipinski definition) is 5. The largest absolute Gasteiger partial charge is 0.370 e. The molecule has 1 heterocycles. The third-order valence-electron chi connectivity index (χ3n) is 3.93. The van der Waals surface area contributed by atoms with Gasteiger partial charge in [0.1, 0.15) is 5.82 Å². The summed E-state index contributed by atoms with van der Waals surface area (Å²) in [5.41, 5.74) is 7.76.